The monoisotopic (exact) mass is 544 g/mol. The first-order valence-electron chi connectivity index (χ1n) is 14.2. The van der Waals surface area contributed by atoms with E-state index in [4.69, 9.17) is 9.72 Å². The normalized spacial score (nSPS) is 16.1. The molecule has 8 nitrogen and oxygen atoms in total. The highest BCUT2D eigenvalue weighted by Crippen LogP contribution is 2.39. The number of hydrogen-bond acceptors (Lipinski definition) is 6. The van der Waals surface area contributed by atoms with Crippen LogP contribution in [0.1, 0.15) is 78.2 Å². The van der Waals surface area contributed by atoms with Gasteiger partial charge in [-0.1, -0.05) is 19.3 Å². The highest BCUT2D eigenvalue weighted by molar-refractivity contribution is 6.06. The van der Waals surface area contributed by atoms with Crippen molar-refractivity contribution in [1.82, 2.24) is 14.9 Å². The lowest BCUT2D eigenvalue weighted by molar-refractivity contribution is 0.171. The molecule has 2 aliphatic rings. The van der Waals surface area contributed by atoms with E-state index in [2.05, 4.69) is 42.9 Å². The lowest BCUT2D eigenvalue weighted by atomic mass is 10.1. The molecular formula is C29H42F2N6O2. The van der Waals surface area contributed by atoms with Gasteiger partial charge in [-0.25, -0.2) is 18.6 Å². The number of benzene rings is 1. The quantitative estimate of drug-likeness (QED) is 0.314. The highest BCUT2D eigenvalue weighted by atomic mass is 19.1. The third-order valence-electron chi connectivity index (χ3n) is 7.75. The molecule has 1 aromatic carbocycles. The number of ether oxygens (including phenoxy) is 1. The third-order valence-corrected chi connectivity index (χ3v) is 7.75. The Labute approximate surface area is 230 Å². The average molecular weight is 545 g/mol. The third kappa shape index (κ3) is 6.42. The van der Waals surface area contributed by atoms with Crippen molar-refractivity contribution < 1.29 is 18.3 Å². The number of anilines is 3. The van der Waals surface area contributed by atoms with Gasteiger partial charge in [-0.05, 0) is 72.1 Å². The second-order valence-corrected chi connectivity index (χ2v) is 11.0. The first kappa shape index (κ1) is 29.0. The first-order chi connectivity index (χ1) is 18.7. The second-order valence-electron chi connectivity index (χ2n) is 11.0. The highest BCUT2D eigenvalue weighted by Gasteiger charge is 2.40. The maximum absolute atomic E-state index is 15.2. The molecule has 2 heterocycles. The molecule has 4 rings (SSSR count). The molecule has 2 aromatic rings. The summed E-state index contributed by atoms with van der Waals surface area (Å²) in [5, 5.41) is 3.31. The predicted molar refractivity (Wildman–Crippen MR) is 151 cm³/mol. The zero-order valence-electron chi connectivity index (χ0n) is 23.8. The maximum Gasteiger partial charge on any atom is 0.330 e. The van der Waals surface area contributed by atoms with Crippen molar-refractivity contribution in [1.29, 1.82) is 0 Å². The van der Waals surface area contributed by atoms with Gasteiger partial charge in [0.2, 0.25) is 5.95 Å². The Morgan fingerprint density at radius 1 is 1.10 bits per heavy atom. The van der Waals surface area contributed by atoms with Crippen molar-refractivity contribution in [2.45, 2.75) is 97.3 Å². The summed E-state index contributed by atoms with van der Waals surface area (Å²) >= 11 is 0. The largest absolute Gasteiger partial charge is 0.494 e. The van der Waals surface area contributed by atoms with Crippen LogP contribution in [0.2, 0.25) is 0 Å². The zero-order valence-corrected chi connectivity index (χ0v) is 23.8. The van der Waals surface area contributed by atoms with Gasteiger partial charge in [-0.2, -0.15) is 4.98 Å². The minimum atomic E-state index is -0.898. The van der Waals surface area contributed by atoms with E-state index in [1.165, 1.54) is 13.2 Å². The van der Waals surface area contributed by atoms with Gasteiger partial charge in [-0.15, -0.1) is 0 Å². The van der Waals surface area contributed by atoms with E-state index in [0.29, 0.717) is 29.4 Å². The minimum Gasteiger partial charge on any atom is -0.494 e. The average Bonchev–Trinajstić information content (AvgIpc) is 3.42. The van der Waals surface area contributed by atoms with Gasteiger partial charge in [0.15, 0.2) is 11.6 Å². The van der Waals surface area contributed by atoms with Crippen molar-refractivity contribution in [2.75, 3.05) is 35.3 Å². The Kier molecular flexibility index (Phi) is 9.58. The van der Waals surface area contributed by atoms with E-state index >= 15 is 4.39 Å². The SMILES string of the molecule is COc1ccc(F)c(N2Cc3cnc(NCCCCCN(C(C)C)C(C)C)nc3N(C3CCCC3)C2=O)c1F. The van der Waals surface area contributed by atoms with Crippen molar-refractivity contribution in [3.63, 3.8) is 0 Å². The van der Waals surface area contributed by atoms with Crippen LogP contribution in [0, 0.1) is 11.6 Å². The fourth-order valence-corrected chi connectivity index (χ4v) is 5.76. The molecule has 1 aliphatic carbocycles. The van der Waals surface area contributed by atoms with Crippen molar-refractivity contribution >= 4 is 23.5 Å². The zero-order chi connectivity index (χ0) is 28.1. The van der Waals surface area contributed by atoms with Crippen LogP contribution < -0.4 is 19.9 Å². The fraction of sp³-hybridized carbons (Fsp3) is 0.621. The summed E-state index contributed by atoms with van der Waals surface area (Å²) < 4.78 is 35.1. The number of hydrogen-bond donors (Lipinski definition) is 1. The molecule has 0 saturated heterocycles. The number of nitrogens with one attached hydrogen (secondary N) is 1. The minimum absolute atomic E-state index is 0.0269. The Morgan fingerprint density at radius 3 is 2.49 bits per heavy atom. The molecule has 0 bridgehead atoms. The van der Waals surface area contributed by atoms with Gasteiger partial charge in [0.05, 0.1) is 13.7 Å². The summed E-state index contributed by atoms with van der Waals surface area (Å²) in [7, 11) is 1.31. The Morgan fingerprint density at radius 2 is 1.82 bits per heavy atom. The molecule has 1 fully saturated rings. The molecule has 0 radical (unpaired) electrons. The maximum atomic E-state index is 15.2. The van der Waals surface area contributed by atoms with Gasteiger partial charge in [0, 0.05) is 36.4 Å². The number of fused-ring (bicyclic) bond motifs is 1. The number of aromatic nitrogens is 2. The fourth-order valence-electron chi connectivity index (χ4n) is 5.76. The number of carbonyl (C=O) groups is 1. The van der Waals surface area contributed by atoms with Gasteiger partial charge >= 0.3 is 6.03 Å². The summed E-state index contributed by atoms with van der Waals surface area (Å²) in [6.07, 6.45) is 8.48. The van der Waals surface area contributed by atoms with E-state index in [1.807, 2.05) is 0 Å². The van der Waals surface area contributed by atoms with Crippen molar-refractivity contribution in [3.05, 3.63) is 35.5 Å². The number of unbranched alkanes of at least 4 members (excludes halogenated alkanes) is 2. The molecule has 1 saturated carbocycles. The second kappa shape index (κ2) is 12.9. The molecule has 1 aromatic heterocycles. The number of halogens is 2. The van der Waals surface area contributed by atoms with Gasteiger partial charge in [0.1, 0.15) is 17.3 Å². The number of rotatable bonds is 12. The van der Waals surface area contributed by atoms with E-state index in [9.17, 15) is 9.18 Å². The molecule has 39 heavy (non-hydrogen) atoms. The van der Waals surface area contributed by atoms with Crippen LogP contribution in [0.15, 0.2) is 18.3 Å². The standard InChI is InChI=1S/C29H42F2N6O2/c1-19(2)35(20(3)4)16-10-6-9-15-32-28-33-17-21-18-36(26-23(30)13-14-24(39-5)25(26)31)29(38)37(27(21)34-28)22-11-7-8-12-22/h13-14,17,19-20,22H,6-12,15-16,18H2,1-5H3,(H,32,33,34). The van der Waals surface area contributed by atoms with Crippen LogP contribution in [0.3, 0.4) is 0 Å². The number of amides is 2. The summed E-state index contributed by atoms with van der Waals surface area (Å²) in [6, 6.07) is 2.84. The Bertz CT molecular complexity index is 1130. The van der Waals surface area contributed by atoms with Crippen LogP contribution >= 0.6 is 0 Å². The molecule has 0 atom stereocenters. The molecule has 214 valence electrons. The molecule has 10 heteroatoms. The van der Waals surface area contributed by atoms with Crippen molar-refractivity contribution in [3.8, 4) is 5.75 Å². The van der Waals surface area contributed by atoms with Crippen LogP contribution in [-0.2, 0) is 6.54 Å². The van der Waals surface area contributed by atoms with Gasteiger partial charge in [-0.3, -0.25) is 14.7 Å². The van der Waals surface area contributed by atoms with Gasteiger partial charge in [0.25, 0.3) is 0 Å². The first-order valence-corrected chi connectivity index (χ1v) is 14.2. The summed E-state index contributed by atoms with van der Waals surface area (Å²) in [6.45, 7) is 10.7. The number of carbonyl (C=O) groups excluding carboxylic acids is 1. The van der Waals surface area contributed by atoms with E-state index in [-0.39, 0.29) is 18.3 Å². The Hall–Kier alpha value is -3.01. The van der Waals surface area contributed by atoms with Crippen molar-refractivity contribution in [2.24, 2.45) is 0 Å². The molecule has 0 unspecified atom stereocenters. The van der Waals surface area contributed by atoms with Gasteiger partial charge < -0.3 is 10.1 Å². The molecule has 0 spiro atoms. The molecule has 1 N–H and O–H groups in total. The number of urea groups is 1. The summed E-state index contributed by atoms with van der Waals surface area (Å²) in [5.74, 6) is -0.851. The van der Waals surface area contributed by atoms with Crippen LogP contribution in [-0.4, -0.2) is 59.2 Å². The smallest absolute Gasteiger partial charge is 0.330 e. The summed E-state index contributed by atoms with van der Waals surface area (Å²) in [5.41, 5.74) is 0.236. The lowest BCUT2D eigenvalue weighted by Gasteiger charge is -2.39. The number of methoxy groups -OCH3 is 1. The lowest BCUT2D eigenvalue weighted by Crippen LogP contribution is -2.52. The van der Waals surface area contributed by atoms with Crippen LogP contribution in [0.25, 0.3) is 0 Å². The van der Waals surface area contributed by atoms with E-state index in [1.54, 1.807) is 11.1 Å². The Balaban J connectivity index is 1.48. The predicted octanol–water partition coefficient (Wildman–Crippen LogP) is 6.35. The molecular weight excluding hydrogens is 502 g/mol. The number of nitrogens with zero attached hydrogens (tertiary/aromatic N) is 5. The van der Waals surface area contributed by atoms with E-state index < -0.39 is 23.4 Å². The van der Waals surface area contributed by atoms with Crippen LogP contribution in [0.5, 0.6) is 5.75 Å². The molecule has 1 aliphatic heterocycles. The van der Waals surface area contributed by atoms with E-state index in [0.717, 1.165) is 69.0 Å². The summed E-state index contributed by atoms with van der Waals surface area (Å²) in [4.78, 5) is 28.2. The van der Waals surface area contributed by atoms with Crippen LogP contribution in [0.4, 0.5) is 31.0 Å². The molecule has 2 amide bonds. The topological polar surface area (TPSA) is 73.8 Å².